The molecule has 0 saturated heterocycles. The van der Waals surface area contributed by atoms with Gasteiger partial charge in [-0.1, -0.05) is 0 Å². The van der Waals surface area contributed by atoms with E-state index in [1.807, 2.05) is 25.3 Å². The first-order valence-corrected chi connectivity index (χ1v) is 10.1. The summed E-state index contributed by atoms with van der Waals surface area (Å²) in [5.74, 6) is 1.15. The predicted octanol–water partition coefficient (Wildman–Crippen LogP) is 4.71. The Bertz CT molecular complexity index is 1350. The van der Waals surface area contributed by atoms with Crippen molar-refractivity contribution >= 4 is 11.2 Å². The van der Waals surface area contributed by atoms with Crippen LogP contribution in [0.3, 0.4) is 0 Å². The standard InChI is InChI=1S/C22H20F2N6/c1-11-14(15-8-13(23)10-29-17(15)6-7-25-29)9-16(24)18-19(11)30-20(12-4-5-12)27-28-21(30)22(2,3)26-18/h6-10,12,26H,4-5H2,1-3H3. The minimum atomic E-state index is -0.570. The van der Waals surface area contributed by atoms with Crippen molar-refractivity contribution in [1.82, 2.24) is 24.4 Å². The van der Waals surface area contributed by atoms with E-state index in [0.29, 0.717) is 33.9 Å². The number of halogens is 2. The molecular weight excluding hydrogens is 386 g/mol. The maximum atomic E-state index is 15.5. The van der Waals surface area contributed by atoms with Crippen LogP contribution in [-0.2, 0) is 5.54 Å². The molecule has 1 fully saturated rings. The van der Waals surface area contributed by atoms with Gasteiger partial charge in [0.25, 0.3) is 0 Å². The van der Waals surface area contributed by atoms with E-state index in [9.17, 15) is 4.39 Å². The molecule has 1 saturated carbocycles. The molecule has 6 nitrogen and oxygen atoms in total. The van der Waals surface area contributed by atoms with Gasteiger partial charge in [-0.15, -0.1) is 10.2 Å². The second-order valence-corrected chi connectivity index (χ2v) is 8.73. The minimum Gasteiger partial charge on any atom is -0.369 e. The van der Waals surface area contributed by atoms with Crippen molar-refractivity contribution in [3.8, 4) is 16.8 Å². The highest BCUT2D eigenvalue weighted by Gasteiger charge is 2.41. The van der Waals surface area contributed by atoms with Crippen LogP contribution in [0.15, 0.2) is 30.6 Å². The molecule has 0 unspecified atom stereocenters. The monoisotopic (exact) mass is 406 g/mol. The number of aromatic nitrogens is 5. The van der Waals surface area contributed by atoms with Crippen LogP contribution >= 0.6 is 0 Å². The fourth-order valence-electron chi connectivity index (χ4n) is 4.52. The number of hydrogen-bond donors (Lipinski definition) is 1. The average Bonchev–Trinajstić information content (AvgIpc) is 3.24. The Morgan fingerprint density at radius 3 is 2.70 bits per heavy atom. The molecule has 3 aromatic heterocycles. The summed E-state index contributed by atoms with van der Waals surface area (Å²) in [4.78, 5) is 0. The maximum absolute atomic E-state index is 15.5. The first-order valence-electron chi connectivity index (χ1n) is 10.1. The van der Waals surface area contributed by atoms with E-state index in [1.165, 1.54) is 22.8 Å². The Labute approximate surface area is 171 Å². The third-order valence-corrected chi connectivity index (χ3v) is 6.12. The Morgan fingerprint density at radius 1 is 1.13 bits per heavy atom. The van der Waals surface area contributed by atoms with Crippen LogP contribution in [0.4, 0.5) is 14.5 Å². The Morgan fingerprint density at radius 2 is 1.93 bits per heavy atom. The first-order chi connectivity index (χ1) is 14.3. The van der Waals surface area contributed by atoms with E-state index in [4.69, 9.17) is 0 Å². The summed E-state index contributed by atoms with van der Waals surface area (Å²) in [6.45, 7) is 5.88. The smallest absolute Gasteiger partial charge is 0.162 e. The molecule has 0 radical (unpaired) electrons. The quantitative estimate of drug-likeness (QED) is 0.524. The van der Waals surface area contributed by atoms with Crippen LogP contribution in [0.25, 0.3) is 22.3 Å². The molecule has 0 atom stereocenters. The number of rotatable bonds is 2. The van der Waals surface area contributed by atoms with E-state index >= 15 is 4.39 Å². The highest BCUT2D eigenvalue weighted by Crippen LogP contribution is 2.47. The molecule has 1 aromatic carbocycles. The summed E-state index contributed by atoms with van der Waals surface area (Å²) in [6, 6.07) is 4.71. The highest BCUT2D eigenvalue weighted by molar-refractivity contribution is 5.87. The molecule has 1 N–H and O–H groups in total. The summed E-state index contributed by atoms with van der Waals surface area (Å²) in [5, 5.41) is 16.4. The molecule has 0 amide bonds. The van der Waals surface area contributed by atoms with Gasteiger partial charge in [0.15, 0.2) is 5.82 Å². The van der Waals surface area contributed by atoms with Crippen LogP contribution in [0.1, 0.15) is 49.8 Å². The number of hydrogen-bond acceptors (Lipinski definition) is 4. The predicted molar refractivity (Wildman–Crippen MR) is 109 cm³/mol. The topological polar surface area (TPSA) is 60.0 Å². The van der Waals surface area contributed by atoms with Gasteiger partial charge in [-0.25, -0.2) is 13.3 Å². The van der Waals surface area contributed by atoms with E-state index in [2.05, 4.69) is 20.6 Å². The van der Waals surface area contributed by atoms with Crippen molar-refractivity contribution in [3.05, 3.63) is 59.4 Å². The lowest BCUT2D eigenvalue weighted by Gasteiger charge is -2.35. The molecule has 1 aliphatic heterocycles. The lowest BCUT2D eigenvalue weighted by Crippen LogP contribution is -2.37. The zero-order valence-corrected chi connectivity index (χ0v) is 16.9. The van der Waals surface area contributed by atoms with Crippen molar-refractivity contribution in [2.45, 2.75) is 45.1 Å². The van der Waals surface area contributed by atoms with Crippen molar-refractivity contribution in [2.75, 3.05) is 5.32 Å². The van der Waals surface area contributed by atoms with E-state index in [0.717, 1.165) is 30.1 Å². The molecule has 2 aliphatic rings. The van der Waals surface area contributed by atoms with Crippen LogP contribution in [-0.4, -0.2) is 24.4 Å². The van der Waals surface area contributed by atoms with Crippen LogP contribution in [0.2, 0.25) is 0 Å². The zero-order valence-electron chi connectivity index (χ0n) is 16.9. The Hall–Kier alpha value is -3.29. The van der Waals surface area contributed by atoms with Gasteiger partial charge in [-0.2, -0.15) is 5.10 Å². The van der Waals surface area contributed by atoms with E-state index in [-0.39, 0.29) is 5.82 Å². The molecule has 1 aliphatic carbocycles. The largest absolute Gasteiger partial charge is 0.369 e. The number of pyridine rings is 1. The third kappa shape index (κ3) is 2.30. The summed E-state index contributed by atoms with van der Waals surface area (Å²) >= 11 is 0. The highest BCUT2D eigenvalue weighted by atomic mass is 19.1. The number of benzene rings is 1. The summed E-state index contributed by atoms with van der Waals surface area (Å²) in [5.41, 5.74) is 3.34. The SMILES string of the molecule is Cc1c(-c2cc(F)cn3nccc23)cc(F)c2c1-n1c(C3CC3)nnc1C(C)(C)N2. The molecule has 152 valence electrons. The summed E-state index contributed by atoms with van der Waals surface area (Å²) in [7, 11) is 0. The van der Waals surface area contributed by atoms with Gasteiger partial charge in [-0.05, 0) is 62.9 Å². The number of fused-ring (bicyclic) bond motifs is 4. The van der Waals surface area contributed by atoms with Crippen molar-refractivity contribution in [2.24, 2.45) is 0 Å². The van der Waals surface area contributed by atoms with Gasteiger partial charge in [0.2, 0.25) is 0 Å². The van der Waals surface area contributed by atoms with Crippen LogP contribution in [0.5, 0.6) is 0 Å². The second-order valence-electron chi connectivity index (χ2n) is 8.73. The van der Waals surface area contributed by atoms with Gasteiger partial charge >= 0.3 is 0 Å². The number of anilines is 1. The van der Waals surface area contributed by atoms with Gasteiger partial charge in [0.1, 0.15) is 17.5 Å². The second kappa shape index (κ2) is 5.65. The molecule has 8 heteroatoms. The molecule has 0 bridgehead atoms. The van der Waals surface area contributed by atoms with E-state index < -0.39 is 11.4 Å². The van der Waals surface area contributed by atoms with Gasteiger partial charge in [0.05, 0.1) is 34.8 Å². The van der Waals surface area contributed by atoms with Crippen LogP contribution in [0, 0.1) is 18.6 Å². The Kier molecular flexibility index (Phi) is 3.31. The van der Waals surface area contributed by atoms with E-state index in [1.54, 1.807) is 12.3 Å². The summed E-state index contributed by atoms with van der Waals surface area (Å²) in [6.07, 6.45) is 5.04. The van der Waals surface area contributed by atoms with Gasteiger partial charge in [0, 0.05) is 11.5 Å². The number of nitrogens with zero attached hydrogens (tertiary/aromatic N) is 5. The minimum absolute atomic E-state index is 0.342. The Balaban J connectivity index is 1.69. The molecule has 4 aromatic rings. The fourth-order valence-corrected chi connectivity index (χ4v) is 4.52. The van der Waals surface area contributed by atoms with Crippen molar-refractivity contribution in [3.63, 3.8) is 0 Å². The van der Waals surface area contributed by atoms with Crippen LogP contribution < -0.4 is 5.32 Å². The lowest BCUT2D eigenvalue weighted by atomic mass is 9.93. The average molecular weight is 406 g/mol. The van der Waals surface area contributed by atoms with Gasteiger partial charge in [-0.3, -0.25) is 4.57 Å². The summed E-state index contributed by atoms with van der Waals surface area (Å²) < 4.78 is 33.3. The molecule has 0 spiro atoms. The third-order valence-electron chi connectivity index (χ3n) is 6.12. The van der Waals surface area contributed by atoms with Crippen molar-refractivity contribution in [1.29, 1.82) is 0 Å². The fraction of sp³-hybridized carbons (Fsp3) is 0.318. The molecule has 30 heavy (non-hydrogen) atoms. The molecular formula is C22H20F2N6. The maximum Gasteiger partial charge on any atom is 0.162 e. The normalized spacial score (nSPS) is 17.0. The molecule has 4 heterocycles. The number of nitrogens with one attached hydrogen (secondary N) is 1. The zero-order chi connectivity index (χ0) is 20.8. The first kappa shape index (κ1) is 17.6. The molecule has 6 rings (SSSR count). The lowest BCUT2D eigenvalue weighted by molar-refractivity contribution is 0.520. The van der Waals surface area contributed by atoms with Crippen molar-refractivity contribution < 1.29 is 8.78 Å². The van der Waals surface area contributed by atoms with Gasteiger partial charge < -0.3 is 5.32 Å².